The number of ether oxygens (including phenoxy) is 1. The van der Waals surface area contributed by atoms with E-state index in [1.165, 1.54) is 0 Å². The monoisotopic (exact) mass is 432 g/mol. The van der Waals surface area contributed by atoms with Gasteiger partial charge in [-0.2, -0.15) is 0 Å². The molecule has 1 heterocycles. The van der Waals surface area contributed by atoms with Crippen LogP contribution in [0.4, 0.5) is 0 Å². The van der Waals surface area contributed by atoms with Gasteiger partial charge in [-0.1, -0.05) is 0 Å². The van der Waals surface area contributed by atoms with Crippen LogP contribution in [0.2, 0.25) is 0 Å². The summed E-state index contributed by atoms with van der Waals surface area (Å²) in [7, 11) is 0. The number of rotatable bonds is 9. The fourth-order valence-corrected chi connectivity index (χ4v) is 3.60. The van der Waals surface area contributed by atoms with E-state index in [2.05, 4.69) is 5.32 Å². The van der Waals surface area contributed by atoms with Crippen molar-refractivity contribution in [2.24, 2.45) is 5.73 Å². The molecule has 12 nitrogen and oxygen atoms in total. The molecule has 1 fully saturated rings. The number of aliphatic hydroxyl groups is 4. The van der Waals surface area contributed by atoms with Crippen molar-refractivity contribution in [2.45, 2.75) is 75.8 Å². The van der Waals surface area contributed by atoms with Crippen molar-refractivity contribution in [1.29, 1.82) is 0 Å². The average Bonchev–Trinajstić information content (AvgIpc) is 2.65. The molecule has 0 saturated carbocycles. The Labute approximate surface area is 172 Å². The molecule has 30 heavy (non-hydrogen) atoms. The van der Waals surface area contributed by atoms with E-state index < -0.39 is 64.3 Å². The normalized spacial score (nSPS) is 34.7. The Hall–Kier alpha value is -2.09. The van der Waals surface area contributed by atoms with E-state index in [4.69, 9.17) is 10.5 Å². The predicted octanol–water partition coefficient (Wildman–Crippen LogP) is -3.52. The van der Waals surface area contributed by atoms with Crippen LogP contribution in [0.5, 0.6) is 0 Å². The zero-order valence-corrected chi connectivity index (χ0v) is 17.2. The van der Waals surface area contributed by atoms with Crippen LogP contribution >= 0.6 is 0 Å². The molecule has 0 bridgehead atoms. The lowest BCUT2D eigenvalue weighted by atomic mass is 9.59. The van der Waals surface area contributed by atoms with E-state index in [1.807, 2.05) is 0 Å². The minimum Gasteiger partial charge on any atom is -0.382 e. The maximum atomic E-state index is 12.5. The Balaban J connectivity index is 3.80. The Morgan fingerprint density at radius 3 is 1.83 bits per heavy atom. The van der Waals surface area contributed by atoms with Gasteiger partial charge in [-0.25, -0.2) is 0 Å². The van der Waals surface area contributed by atoms with Crippen LogP contribution in [0.15, 0.2) is 0 Å². The van der Waals surface area contributed by atoms with Gasteiger partial charge < -0.3 is 36.2 Å². The first-order valence-electron chi connectivity index (χ1n) is 9.17. The molecule has 6 atom stereocenters. The van der Waals surface area contributed by atoms with Gasteiger partial charge in [-0.3, -0.25) is 24.0 Å². The zero-order chi connectivity index (χ0) is 23.7. The van der Waals surface area contributed by atoms with Crippen LogP contribution in [0, 0.1) is 0 Å². The molecule has 0 aromatic heterocycles. The highest BCUT2D eigenvalue weighted by Crippen LogP contribution is 2.47. The molecule has 1 amide bonds. The van der Waals surface area contributed by atoms with Crippen molar-refractivity contribution in [3.63, 3.8) is 0 Å². The van der Waals surface area contributed by atoms with E-state index >= 15 is 0 Å². The first kappa shape index (κ1) is 25.9. The van der Waals surface area contributed by atoms with Crippen LogP contribution < -0.4 is 11.1 Å². The molecule has 12 heteroatoms. The summed E-state index contributed by atoms with van der Waals surface area (Å²) in [5.41, 5.74) is -5.02. The van der Waals surface area contributed by atoms with Gasteiger partial charge in [0, 0.05) is 6.42 Å². The number of nitrogens with one attached hydrogen (secondary N) is 1. The van der Waals surface area contributed by atoms with Gasteiger partial charge in [-0.05, 0) is 40.7 Å². The molecule has 0 aromatic rings. The van der Waals surface area contributed by atoms with E-state index in [1.54, 1.807) is 0 Å². The largest absolute Gasteiger partial charge is 0.382 e. The third-order valence-corrected chi connectivity index (χ3v) is 5.36. The molecule has 170 valence electrons. The number of aliphatic hydroxyl groups excluding tert-OH is 1. The van der Waals surface area contributed by atoms with Gasteiger partial charge in [0.05, 0.1) is 0 Å². The Bertz CT molecular complexity index is 755. The van der Waals surface area contributed by atoms with Crippen LogP contribution in [0.25, 0.3) is 0 Å². The van der Waals surface area contributed by atoms with Crippen molar-refractivity contribution in [2.75, 3.05) is 6.54 Å². The molecule has 0 spiro atoms. The van der Waals surface area contributed by atoms with E-state index in [0.717, 1.165) is 13.8 Å². The molecule has 0 aromatic carbocycles. The molecule has 1 aliphatic heterocycles. The fourth-order valence-electron chi connectivity index (χ4n) is 3.60. The molecular formula is C18H28N2O10. The highest BCUT2D eigenvalue weighted by Gasteiger charge is 2.79. The predicted molar refractivity (Wildman–Crippen MR) is 98.7 cm³/mol. The number of hydrogen-bond acceptors (Lipinski definition) is 11. The van der Waals surface area contributed by atoms with Crippen molar-refractivity contribution >= 4 is 29.0 Å². The summed E-state index contributed by atoms with van der Waals surface area (Å²) in [6.45, 7) is 3.12. The zero-order valence-electron chi connectivity index (χ0n) is 17.2. The molecule has 7 N–H and O–H groups in total. The molecule has 1 rings (SSSR count). The summed E-state index contributed by atoms with van der Waals surface area (Å²) in [6, 6.07) is 0. The lowest BCUT2D eigenvalue weighted by molar-refractivity contribution is -0.330. The number of carbonyl (C=O) groups excluding carboxylic acids is 5. The number of nitrogens with two attached hydrogens (primary N) is 1. The summed E-state index contributed by atoms with van der Waals surface area (Å²) < 4.78 is 5.27. The SMILES string of the molecule is CC(=O)C(O)[C@H]1O[C@@H](NC(=O)CCCN)[C@@](O)(C(C)=O)[C@](O)(C(C)=O)[C@@]1(O)C(C)=O. The minimum absolute atomic E-state index is 0.128. The van der Waals surface area contributed by atoms with Crippen LogP contribution in [0.1, 0.15) is 40.5 Å². The molecular weight excluding hydrogens is 404 g/mol. The summed E-state index contributed by atoms with van der Waals surface area (Å²) >= 11 is 0. The summed E-state index contributed by atoms with van der Waals surface area (Å²) in [5.74, 6) is -5.99. The maximum absolute atomic E-state index is 12.5. The second-order valence-electron chi connectivity index (χ2n) is 7.36. The standard InChI is InChI=1S/C18H28N2O10/c1-8(21)13(26)14-16(27,9(2)22)18(29,11(4)24)17(28,10(3)23)15(30-14)20-12(25)6-5-7-19/h13-15,26-29H,5-7,19H2,1-4H3,(H,20,25)/t13?,14-,15-,16-,17+,18+/m1/s1. The van der Waals surface area contributed by atoms with Crippen LogP contribution in [-0.2, 0) is 28.7 Å². The third-order valence-electron chi connectivity index (χ3n) is 5.36. The second-order valence-corrected chi connectivity index (χ2v) is 7.36. The third kappa shape index (κ3) is 3.70. The lowest BCUT2D eigenvalue weighted by Crippen LogP contribution is -2.88. The highest BCUT2D eigenvalue weighted by atomic mass is 16.6. The van der Waals surface area contributed by atoms with Crippen LogP contribution in [-0.4, -0.2) is 91.3 Å². The molecule has 1 aliphatic rings. The molecule has 0 aliphatic carbocycles. The first-order valence-corrected chi connectivity index (χ1v) is 9.17. The van der Waals surface area contributed by atoms with Gasteiger partial charge in [0.15, 0.2) is 35.0 Å². The maximum Gasteiger partial charge on any atom is 0.222 e. The Morgan fingerprint density at radius 1 is 0.967 bits per heavy atom. The molecule has 1 unspecified atom stereocenters. The first-order chi connectivity index (χ1) is 13.6. The van der Waals surface area contributed by atoms with Crippen molar-refractivity contribution in [3.05, 3.63) is 0 Å². The molecule has 0 radical (unpaired) electrons. The van der Waals surface area contributed by atoms with E-state index in [-0.39, 0.29) is 19.4 Å². The van der Waals surface area contributed by atoms with Gasteiger partial charge in [0.2, 0.25) is 17.1 Å². The highest BCUT2D eigenvalue weighted by molar-refractivity contribution is 6.06. The fraction of sp³-hybridized carbons (Fsp3) is 0.722. The van der Waals surface area contributed by atoms with Gasteiger partial charge in [0.1, 0.15) is 12.2 Å². The Kier molecular flexibility index (Phi) is 7.75. The summed E-state index contributed by atoms with van der Waals surface area (Å²) in [6.07, 6.45) is -6.76. The van der Waals surface area contributed by atoms with E-state index in [0.29, 0.717) is 13.8 Å². The van der Waals surface area contributed by atoms with E-state index in [9.17, 15) is 44.4 Å². The quantitative estimate of drug-likeness (QED) is 0.210. The van der Waals surface area contributed by atoms with Gasteiger partial charge in [-0.15, -0.1) is 0 Å². The van der Waals surface area contributed by atoms with Crippen molar-refractivity contribution in [3.8, 4) is 0 Å². The number of ketones is 4. The van der Waals surface area contributed by atoms with Gasteiger partial charge in [0.25, 0.3) is 0 Å². The van der Waals surface area contributed by atoms with Gasteiger partial charge >= 0.3 is 0 Å². The summed E-state index contributed by atoms with van der Waals surface area (Å²) in [5, 5.41) is 45.8. The second kappa shape index (κ2) is 8.96. The van der Waals surface area contributed by atoms with Crippen molar-refractivity contribution in [1.82, 2.24) is 5.32 Å². The number of Topliss-reactive ketones (excluding diaryl/α,β-unsaturated/α-hetero) is 4. The smallest absolute Gasteiger partial charge is 0.222 e. The Morgan fingerprint density at radius 2 is 1.47 bits per heavy atom. The number of hydrogen-bond donors (Lipinski definition) is 6. The molecule has 1 saturated heterocycles. The number of carbonyl (C=O) groups is 5. The van der Waals surface area contributed by atoms with Crippen molar-refractivity contribution < 1.29 is 49.1 Å². The van der Waals surface area contributed by atoms with Crippen LogP contribution in [0.3, 0.4) is 0 Å². The average molecular weight is 432 g/mol. The summed E-state index contributed by atoms with van der Waals surface area (Å²) in [4.78, 5) is 61.2. The minimum atomic E-state index is -3.58. The lowest BCUT2D eigenvalue weighted by Gasteiger charge is -2.58. The number of amides is 1. The topological polar surface area (TPSA) is 214 Å².